The molecule has 8 aromatic carbocycles. The monoisotopic (exact) mass is 729 g/mol. The van der Waals surface area contributed by atoms with Crippen LogP contribution in [0.5, 0.6) is 0 Å². The Hall–Kier alpha value is -7.76. The normalized spacial score (nSPS) is 11.9. The molecule has 12 aromatic rings. The Kier molecular flexibility index (Phi) is 6.86. The van der Waals surface area contributed by atoms with E-state index in [4.69, 9.17) is 18.8 Å². The third kappa shape index (κ3) is 5.03. The lowest BCUT2D eigenvalue weighted by Gasteiger charge is -2.11. The van der Waals surface area contributed by atoms with E-state index < -0.39 is 0 Å². The number of hydrogen-bond acceptors (Lipinski definition) is 4. The molecule has 0 bridgehead atoms. The van der Waals surface area contributed by atoms with Crippen LogP contribution in [0.2, 0.25) is 0 Å². The fourth-order valence-electron chi connectivity index (χ4n) is 8.56. The average Bonchev–Trinajstić information content (AvgIpc) is 3.95. The van der Waals surface area contributed by atoms with Crippen molar-refractivity contribution in [1.82, 2.24) is 14.5 Å². The van der Waals surface area contributed by atoms with Crippen molar-refractivity contribution in [2.45, 2.75) is 0 Å². The highest BCUT2D eigenvalue weighted by Crippen LogP contribution is 2.41. The standard InChI is InChI=1S/C52H31N3O2/c1-3-12-32(13-4-1)43-31-44(33-14-5-2-6-15-33)54-52(53-43)39-18-11-21-50-51(39)42-30-36(24-27-49(42)57-50)55-45-19-9-7-16-37(45)40-28-34(22-25-46(40)55)35-23-26-48-41(29-35)38-17-8-10-20-47(38)56-48/h1-31H. The molecular formula is C52H31N3O2. The van der Waals surface area contributed by atoms with Gasteiger partial charge in [-0.1, -0.05) is 121 Å². The number of aromatic nitrogens is 3. The summed E-state index contributed by atoms with van der Waals surface area (Å²) >= 11 is 0. The van der Waals surface area contributed by atoms with Crippen LogP contribution in [0.3, 0.4) is 0 Å². The predicted molar refractivity (Wildman–Crippen MR) is 233 cm³/mol. The fraction of sp³-hybridized carbons (Fsp3) is 0. The molecule has 0 N–H and O–H groups in total. The quantitative estimate of drug-likeness (QED) is 0.177. The molecule has 0 aliphatic carbocycles. The van der Waals surface area contributed by atoms with Gasteiger partial charge in [-0.2, -0.15) is 0 Å². The second-order valence-corrected chi connectivity index (χ2v) is 14.5. The number of fused-ring (bicyclic) bond motifs is 9. The summed E-state index contributed by atoms with van der Waals surface area (Å²) in [6.07, 6.45) is 0. The number of para-hydroxylation sites is 2. The first-order valence-corrected chi connectivity index (χ1v) is 19.1. The predicted octanol–water partition coefficient (Wildman–Crippen LogP) is 14.0. The summed E-state index contributed by atoms with van der Waals surface area (Å²) in [4.78, 5) is 10.4. The van der Waals surface area contributed by atoms with E-state index in [2.05, 4.69) is 132 Å². The topological polar surface area (TPSA) is 57.0 Å². The lowest BCUT2D eigenvalue weighted by molar-refractivity contribution is 0.668. The van der Waals surface area contributed by atoms with Crippen LogP contribution in [-0.2, 0) is 0 Å². The largest absolute Gasteiger partial charge is 0.456 e. The van der Waals surface area contributed by atoms with Gasteiger partial charge in [0.05, 0.1) is 22.4 Å². The molecule has 0 saturated heterocycles. The van der Waals surface area contributed by atoms with E-state index in [0.717, 1.165) is 99.8 Å². The molecule has 0 aliphatic rings. The van der Waals surface area contributed by atoms with Gasteiger partial charge >= 0.3 is 0 Å². The van der Waals surface area contributed by atoms with Crippen LogP contribution >= 0.6 is 0 Å². The van der Waals surface area contributed by atoms with Crippen molar-refractivity contribution in [3.63, 3.8) is 0 Å². The molecule has 266 valence electrons. The summed E-state index contributed by atoms with van der Waals surface area (Å²) in [5.41, 5.74) is 13.8. The highest BCUT2D eigenvalue weighted by atomic mass is 16.3. The van der Waals surface area contributed by atoms with Gasteiger partial charge in [0, 0.05) is 54.7 Å². The molecule has 4 heterocycles. The number of hydrogen-bond donors (Lipinski definition) is 0. The van der Waals surface area contributed by atoms with Gasteiger partial charge in [-0.25, -0.2) is 9.97 Å². The van der Waals surface area contributed by atoms with Crippen LogP contribution in [-0.4, -0.2) is 14.5 Å². The first-order chi connectivity index (χ1) is 28.2. The van der Waals surface area contributed by atoms with Crippen molar-refractivity contribution < 1.29 is 8.83 Å². The van der Waals surface area contributed by atoms with E-state index in [9.17, 15) is 0 Å². The van der Waals surface area contributed by atoms with Crippen LogP contribution in [0.15, 0.2) is 197 Å². The van der Waals surface area contributed by atoms with Gasteiger partial charge in [-0.3, -0.25) is 0 Å². The summed E-state index contributed by atoms with van der Waals surface area (Å²) in [6.45, 7) is 0. The van der Waals surface area contributed by atoms with Crippen LogP contribution in [0, 0.1) is 0 Å². The minimum Gasteiger partial charge on any atom is -0.456 e. The maximum Gasteiger partial charge on any atom is 0.161 e. The Morgan fingerprint density at radius 1 is 0.351 bits per heavy atom. The number of nitrogens with zero attached hydrogens (tertiary/aromatic N) is 3. The van der Waals surface area contributed by atoms with E-state index in [-0.39, 0.29) is 0 Å². The Bertz CT molecular complexity index is 3460. The molecule has 0 saturated carbocycles. The first kappa shape index (κ1) is 31.6. The molecule has 5 heteroatoms. The molecule has 0 spiro atoms. The van der Waals surface area contributed by atoms with Crippen LogP contribution in [0.25, 0.3) is 116 Å². The van der Waals surface area contributed by atoms with Gasteiger partial charge in [0.15, 0.2) is 5.82 Å². The third-order valence-corrected chi connectivity index (χ3v) is 11.2. The Morgan fingerprint density at radius 2 is 0.930 bits per heavy atom. The van der Waals surface area contributed by atoms with Gasteiger partial charge in [0.1, 0.15) is 22.3 Å². The highest BCUT2D eigenvalue weighted by molar-refractivity contribution is 6.14. The summed E-state index contributed by atoms with van der Waals surface area (Å²) in [6, 6.07) is 65.5. The minimum atomic E-state index is 0.653. The van der Waals surface area contributed by atoms with Gasteiger partial charge in [0.25, 0.3) is 0 Å². The number of rotatable bonds is 5. The summed E-state index contributed by atoms with van der Waals surface area (Å²) in [5.74, 6) is 0.653. The molecule has 0 aliphatic heterocycles. The zero-order chi connectivity index (χ0) is 37.5. The second kappa shape index (κ2) is 12.4. The Labute approximate surface area is 326 Å². The maximum atomic E-state index is 6.54. The molecule has 12 rings (SSSR count). The van der Waals surface area contributed by atoms with Crippen molar-refractivity contribution in [3.8, 4) is 50.7 Å². The number of furan rings is 2. The lowest BCUT2D eigenvalue weighted by atomic mass is 10.0. The van der Waals surface area contributed by atoms with E-state index in [0.29, 0.717) is 5.82 Å². The molecule has 0 fully saturated rings. The first-order valence-electron chi connectivity index (χ1n) is 19.1. The van der Waals surface area contributed by atoms with Gasteiger partial charge in [-0.05, 0) is 77.9 Å². The van der Waals surface area contributed by atoms with Crippen LogP contribution in [0.4, 0.5) is 0 Å². The summed E-state index contributed by atoms with van der Waals surface area (Å²) in [7, 11) is 0. The van der Waals surface area contributed by atoms with Crippen molar-refractivity contribution in [2.24, 2.45) is 0 Å². The highest BCUT2D eigenvalue weighted by Gasteiger charge is 2.20. The molecule has 0 atom stereocenters. The zero-order valence-corrected chi connectivity index (χ0v) is 30.6. The molecule has 5 nitrogen and oxygen atoms in total. The minimum absolute atomic E-state index is 0.653. The van der Waals surface area contributed by atoms with E-state index in [1.165, 1.54) is 10.8 Å². The molecule has 0 amide bonds. The van der Waals surface area contributed by atoms with Crippen molar-refractivity contribution in [2.75, 3.05) is 0 Å². The average molecular weight is 730 g/mol. The molecule has 0 radical (unpaired) electrons. The molecule has 57 heavy (non-hydrogen) atoms. The molecular weight excluding hydrogens is 699 g/mol. The summed E-state index contributed by atoms with van der Waals surface area (Å²) < 4.78 is 15.0. The van der Waals surface area contributed by atoms with Crippen LogP contribution in [0.1, 0.15) is 0 Å². The Morgan fingerprint density at radius 3 is 1.72 bits per heavy atom. The van der Waals surface area contributed by atoms with Crippen molar-refractivity contribution in [3.05, 3.63) is 188 Å². The third-order valence-electron chi connectivity index (χ3n) is 11.2. The van der Waals surface area contributed by atoms with E-state index >= 15 is 0 Å². The summed E-state index contributed by atoms with van der Waals surface area (Å²) in [5, 5.41) is 6.64. The van der Waals surface area contributed by atoms with Gasteiger partial charge in [0.2, 0.25) is 0 Å². The fourth-order valence-corrected chi connectivity index (χ4v) is 8.56. The van der Waals surface area contributed by atoms with Crippen molar-refractivity contribution >= 4 is 65.7 Å². The zero-order valence-electron chi connectivity index (χ0n) is 30.6. The maximum absolute atomic E-state index is 6.54. The van der Waals surface area contributed by atoms with Crippen molar-refractivity contribution in [1.29, 1.82) is 0 Å². The number of benzene rings is 8. The molecule has 0 unspecified atom stereocenters. The molecule has 4 aromatic heterocycles. The van der Waals surface area contributed by atoms with Crippen LogP contribution < -0.4 is 0 Å². The van der Waals surface area contributed by atoms with Gasteiger partial charge < -0.3 is 13.4 Å². The van der Waals surface area contributed by atoms with E-state index in [1.807, 2.05) is 60.7 Å². The van der Waals surface area contributed by atoms with E-state index in [1.54, 1.807) is 0 Å². The SMILES string of the molecule is c1ccc(-c2cc(-c3ccccc3)nc(-c3cccc4oc5ccc(-n6c7ccccc7c7cc(-c8ccc9oc%10ccccc%10c9c8)ccc76)cc5c34)n2)cc1. The Balaban J connectivity index is 1.04. The second-order valence-electron chi connectivity index (χ2n) is 14.5. The lowest BCUT2D eigenvalue weighted by Crippen LogP contribution is -1.96. The smallest absolute Gasteiger partial charge is 0.161 e. The van der Waals surface area contributed by atoms with Gasteiger partial charge in [-0.15, -0.1) is 0 Å².